The van der Waals surface area contributed by atoms with Gasteiger partial charge in [-0.1, -0.05) is 0 Å². The van der Waals surface area contributed by atoms with E-state index in [1.54, 1.807) is 6.26 Å². The Kier molecular flexibility index (Phi) is 4.53. The zero-order valence-electron chi connectivity index (χ0n) is 4.25. The first-order valence-electron chi connectivity index (χ1n) is 1.71. The van der Waals surface area contributed by atoms with Crippen molar-refractivity contribution in [2.75, 3.05) is 13.4 Å². The maximum atomic E-state index is 8.39. The summed E-state index contributed by atoms with van der Waals surface area (Å²) in [4.78, 5) is 0. The minimum absolute atomic E-state index is 1.06. The van der Waals surface area contributed by atoms with E-state index in [1.165, 1.54) is 7.11 Å². The van der Waals surface area contributed by atoms with Gasteiger partial charge in [-0.15, -0.1) is 0 Å². The van der Waals surface area contributed by atoms with Crippen molar-refractivity contribution in [2.45, 2.75) is 6.48 Å². The van der Waals surface area contributed by atoms with Crippen LogP contribution in [0, 0.1) is 0 Å². The van der Waals surface area contributed by atoms with E-state index in [9.17, 15) is 0 Å². The Hall–Kier alpha value is 0.230. The molecule has 0 radical (unpaired) electrons. The Morgan fingerprint density at radius 3 is 2.43 bits per heavy atom. The van der Waals surface area contributed by atoms with Crippen LogP contribution in [0.1, 0.15) is 0 Å². The second-order valence-electron chi connectivity index (χ2n) is 0.806. The van der Waals surface area contributed by atoms with E-state index in [2.05, 4.69) is 8.92 Å². The van der Waals surface area contributed by atoms with Crippen molar-refractivity contribution in [3.8, 4) is 0 Å². The van der Waals surface area contributed by atoms with E-state index in [1.807, 2.05) is 0 Å². The lowest BCUT2D eigenvalue weighted by Gasteiger charge is -2.03. The Morgan fingerprint density at radius 1 is 1.71 bits per heavy atom. The van der Waals surface area contributed by atoms with Crippen LogP contribution in [0.4, 0.5) is 0 Å². The van der Waals surface area contributed by atoms with Gasteiger partial charge in [0.25, 0.3) is 6.48 Å². The van der Waals surface area contributed by atoms with Gasteiger partial charge in [-0.25, -0.2) is 0 Å². The first kappa shape index (κ1) is 7.23. The highest BCUT2D eigenvalue weighted by Crippen LogP contribution is 1.98. The first-order valence-corrected chi connectivity index (χ1v) is 2.86. The maximum absolute atomic E-state index is 8.39. The topological polar surface area (TPSA) is 38.7 Å². The smallest absolute Gasteiger partial charge is 0.279 e. The number of aliphatic hydroxyl groups is 1. The molecule has 44 valence electrons. The lowest BCUT2D eigenvalue weighted by atomic mass is 11.3. The average molecular weight is 124 g/mol. The van der Waals surface area contributed by atoms with Crippen molar-refractivity contribution < 1.29 is 14.0 Å². The lowest BCUT2D eigenvalue weighted by molar-refractivity contribution is -0.192. The van der Waals surface area contributed by atoms with Gasteiger partial charge < -0.3 is 9.84 Å². The van der Waals surface area contributed by atoms with Gasteiger partial charge in [0, 0.05) is 13.4 Å². The number of aliphatic hydroxyl groups excluding tert-OH is 1. The summed E-state index contributed by atoms with van der Waals surface area (Å²) >= 11 is 1.06. The maximum Gasteiger partial charge on any atom is 0.279 e. The Balaban J connectivity index is 2.83. The van der Waals surface area contributed by atoms with Gasteiger partial charge in [-0.3, -0.25) is 4.18 Å². The van der Waals surface area contributed by atoms with Crippen molar-refractivity contribution in [1.82, 2.24) is 0 Å². The van der Waals surface area contributed by atoms with Gasteiger partial charge in [0.05, 0.1) is 0 Å². The van der Waals surface area contributed by atoms with E-state index < -0.39 is 6.48 Å². The highest BCUT2D eigenvalue weighted by Gasteiger charge is 1.95. The molecule has 7 heavy (non-hydrogen) atoms. The summed E-state index contributed by atoms with van der Waals surface area (Å²) in [6.45, 7) is -1.09. The molecule has 3 nitrogen and oxygen atoms in total. The zero-order valence-corrected chi connectivity index (χ0v) is 5.07. The largest absolute Gasteiger partial charge is 0.345 e. The fraction of sp³-hybridized carbons (Fsp3) is 1.00. The summed E-state index contributed by atoms with van der Waals surface area (Å²) < 4.78 is 8.74. The molecule has 4 heteroatoms. The minimum atomic E-state index is -1.09. The quantitative estimate of drug-likeness (QED) is 0.431. The van der Waals surface area contributed by atoms with Gasteiger partial charge in [0.2, 0.25) is 0 Å². The van der Waals surface area contributed by atoms with Crippen LogP contribution in [0.3, 0.4) is 0 Å². The van der Waals surface area contributed by atoms with E-state index in [4.69, 9.17) is 5.11 Å². The molecule has 0 bridgehead atoms. The van der Waals surface area contributed by atoms with E-state index in [0.29, 0.717) is 0 Å². The summed E-state index contributed by atoms with van der Waals surface area (Å²) in [6.07, 6.45) is 1.70. The predicted octanol–water partition coefficient (Wildman–Crippen LogP) is 0.203. The van der Waals surface area contributed by atoms with E-state index in [0.717, 1.165) is 12.0 Å². The first-order chi connectivity index (χ1) is 3.31. The van der Waals surface area contributed by atoms with Crippen LogP contribution in [0.15, 0.2) is 0 Å². The molecule has 0 aromatic heterocycles. The minimum Gasteiger partial charge on any atom is -0.345 e. The highest BCUT2D eigenvalue weighted by atomic mass is 32.2. The third kappa shape index (κ3) is 4.08. The van der Waals surface area contributed by atoms with Crippen LogP contribution in [0.2, 0.25) is 0 Å². The molecule has 0 aromatic carbocycles. The third-order valence-corrected chi connectivity index (χ3v) is 0.737. The number of hydrogen-bond acceptors (Lipinski definition) is 4. The van der Waals surface area contributed by atoms with Crippen LogP contribution < -0.4 is 0 Å². The van der Waals surface area contributed by atoms with Crippen LogP contribution in [-0.2, 0) is 8.92 Å². The molecule has 0 aliphatic rings. The Labute approximate surface area is 46.8 Å². The number of rotatable bonds is 3. The molecule has 0 rings (SSSR count). The molecular weight excluding hydrogens is 116 g/mol. The molecule has 0 amide bonds. The molecule has 0 fully saturated rings. The number of hydrogen-bond donors (Lipinski definition) is 1. The molecule has 1 unspecified atom stereocenters. The molecule has 0 spiro atoms. The average Bonchev–Trinajstić information content (AvgIpc) is 1.68. The van der Waals surface area contributed by atoms with Gasteiger partial charge >= 0.3 is 0 Å². The van der Waals surface area contributed by atoms with Gasteiger partial charge in [-0.05, 0) is 12.0 Å². The van der Waals surface area contributed by atoms with Gasteiger partial charge in [0.15, 0.2) is 0 Å². The van der Waals surface area contributed by atoms with Crippen LogP contribution >= 0.6 is 12.0 Å². The van der Waals surface area contributed by atoms with Gasteiger partial charge in [0.1, 0.15) is 0 Å². The van der Waals surface area contributed by atoms with Crippen molar-refractivity contribution in [3.63, 3.8) is 0 Å². The summed E-state index contributed by atoms with van der Waals surface area (Å²) in [6, 6.07) is 0. The Morgan fingerprint density at radius 2 is 2.29 bits per heavy atom. The second-order valence-corrected chi connectivity index (χ2v) is 1.33. The SMILES string of the molecule is COC(O)OSC. The summed E-state index contributed by atoms with van der Waals surface area (Å²) in [7, 11) is 1.36. The standard InChI is InChI=1S/C3H8O3S/c1-5-3(4)6-7-2/h3-4H,1-2H3. The zero-order chi connectivity index (χ0) is 5.70. The second kappa shape index (κ2) is 4.39. The normalized spacial score (nSPS) is 14.1. The van der Waals surface area contributed by atoms with Crippen LogP contribution in [-0.4, -0.2) is 24.9 Å². The van der Waals surface area contributed by atoms with E-state index >= 15 is 0 Å². The fourth-order valence-electron chi connectivity index (χ4n) is 0.122. The summed E-state index contributed by atoms with van der Waals surface area (Å²) in [5.74, 6) is 0. The molecule has 0 aliphatic carbocycles. The summed E-state index contributed by atoms with van der Waals surface area (Å²) in [5.41, 5.74) is 0. The molecule has 0 saturated carbocycles. The fourth-order valence-corrected chi connectivity index (χ4v) is 0.365. The molecular formula is C3H8O3S. The Bertz CT molecular complexity index is 41.2. The number of methoxy groups -OCH3 is 1. The molecule has 0 heterocycles. The van der Waals surface area contributed by atoms with Crippen molar-refractivity contribution in [3.05, 3.63) is 0 Å². The van der Waals surface area contributed by atoms with Crippen molar-refractivity contribution in [1.29, 1.82) is 0 Å². The third-order valence-electron chi connectivity index (χ3n) is 0.380. The number of ether oxygens (including phenoxy) is 1. The molecule has 1 atom stereocenters. The van der Waals surface area contributed by atoms with Gasteiger partial charge in [-0.2, -0.15) is 0 Å². The highest BCUT2D eigenvalue weighted by molar-refractivity contribution is 7.93. The molecule has 0 saturated heterocycles. The molecule has 1 N–H and O–H groups in total. The van der Waals surface area contributed by atoms with Crippen LogP contribution in [0.25, 0.3) is 0 Å². The van der Waals surface area contributed by atoms with E-state index in [-0.39, 0.29) is 0 Å². The molecule has 0 aromatic rings. The predicted molar refractivity (Wildman–Crippen MR) is 27.6 cm³/mol. The van der Waals surface area contributed by atoms with Crippen molar-refractivity contribution in [2.24, 2.45) is 0 Å². The molecule has 0 aliphatic heterocycles. The lowest BCUT2D eigenvalue weighted by Crippen LogP contribution is -2.08. The van der Waals surface area contributed by atoms with Crippen molar-refractivity contribution >= 4 is 12.0 Å². The monoisotopic (exact) mass is 124 g/mol. The van der Waals surface area contributed by atoms with Crippen LogP contribution in [0.5, 0.6) is 0 Å². The summed E-state index contributed by atoms with van der Waals surface area (Å²) in [5, 5.41) is 8.39.